The molecule has 1 aromatic heterocycles. The van der Waals surface area contributed by atoms with Crippen LogP contribution in [-0.4, -0.2) is 18.1 Å². The minimum atomic E-state index is -0.227. The van der Waals surface area contributed by atoms with Crippen molar-refractivity contribution in [3.05, 3.63) is 64.3 Å². The van der Waals surface area contributed by atoms with Crippen molar-refractivity contribution in [1.82, 2.24) is 4.98 Å². The number of hydrogen-bond acceptors (Lipinski definition) is 3. The summed E-state index contributed by atoms with van der Waals surface area (Å²) < 4.78 is 0. The van der Waals surface area contributed by atoms with Crippen molar-refractivity contribution in [2.75, 3.05) is 18.0 Å². The number of rotatable bonds is 4. The Hall–Kier alpha value is -3.06. The van der Waals surface area contributed by atoms with Gasteiger partial charge in [0.15, 0.2) is 0 Å². The molecule has 0 unspecified atom stereocenters. The molecule has 0 bridgehead atoms. The third kappa shape index (κ3) is 2.65. The van der Waals surface area contributed by atoms with Gasteiger partial charge in [0.2, 0.25) is 5.43 Å². The maximum absolute atomic E-state index is 12.6. The lowest BCUT2D eigenvalue weighted by Crippen LogP contribution is -2.21. The molecule has 120 valence electrons. The molecule has 4 heteroatoms. The Labute approximate surface area is 141 Å². The number of anilines is 1. The van der Waals surface area contributed by atoms with Crippen molar-refractivity contribution in [3.63, 3.8) is 0 Å². The average Bonchev–Trinajstić information content (AvgIpc) is 2.63. The Balaban J connectivity index is 2.16. The van der Waals surface area contributed by atoms with Gasteiger partial charge in [0.1, 0.15) is 11.6 Å². The standard InChI is InChI=1S/C20H19N3O/c1-3-23(4-2)15-11-9-14(10-12-15)19-17(13-21)20(24)16-7-5-6-8-18(16)22-19/h5-12H,3-4H2,1-2H3,(H,22,24). The van der Waals surface area contributed by atoms with Gasteiger partial charge in [-0.15, -0.1) is 0 Å². The SMILES string of the molecule is CCN(CC)c1ccc(-c2[nH]c3ccccc3c(=O)c2C#N)cc1. The molecule has 0 atom stereocenters. The van der Waals surface area contributed by atoms with Gasteiger partial charge >= 0.3 is 0 Å². The van der Waals surface area contributed by atoms with Crippen LogP contribution in [0.15, 0.2) is 53.3 Å². The Kier molecular flexibility index (Phi) is 4.35. The number of H-pyrrole nitrogens is 1. The highest BCUT2D eigenvalue weighted by molar-refractivity contribution is 5.84. The monoisotopic (exact) mass is 317 g/mol. The number of pyridine rings is 1. The smallest absolute Gasteiger partial charge is 0.207 e. The summed E-state index contributed by atoms with van der Waals surface area (Å²) in [7, 11) is 0. The first-order valence-electron chi connectivity index (χ1n) is 8.10. The third-order valence-corrected chi connectivity index (χ3v) is 4.30. The summed E-state index contributed by atoms with van der Waals surface area (Å²) >= 11 is 0. The molecule has 0 aliphatic rings. The minimum Gasteiger partial charge on any atom is -0.372 e. The van der Waals surface area contributed by atoms with Gasteiger partial charge < -0.3 is 9.88 Å². The third-order valence-electron chi connectivity index (χ3n) is 4.30. The van der Waals surface area contributed by atoms with Crippen molar-refractivity contribution in [2.24, 2.45) is 0 Å². The van der Waals surface area contributed by atoms with Gasteiger partial charge in [-0.2, -0.15) is 5.26 Å². The second-order valence-corrected chi connectivity index (χ2v) is 5.58. The summed E-state index contributed by atoms with van der Waals surface area (Å²) in [6.07, 6.45) is 0. The zero-order chi connectivity index (χ0) is 17.1. The van der Waals surface area contributed by atoms with Gasteiger partial charge in [-0.3, -0.25) is 4.79 Å². The molecule has 0 amide bonds. The molecular formula is C20H19N3O. The molecule has 4 nitrogen and oxygen atoms in total. The summed E-state index contributed by atoms with van der Waals surface area (Å²) in [4.78, 5) is 18.1. The van der Waals surface area contributed by atoms with E-state index in [0.717, 1.165) is 29.9 Å². The molecule has 0 aliphatic carbocycles. The van der Waals surface area contributed by atoms with Crippen LogP contribution in [0, 0.1) is 11.3 Å². The van der Waals surface area contributed by atoms with Crippen LogP contribution in [-0.2, 0) is 0 Å². The number of para-hydroxylation sites is 1. The first kappa shape index (κ1) is 15.8. The minimum absolute atomic E-state index is 0.157. The van der Waals surface area contributed by atoms with Crippen LogP contribution in [0.5, 0.6) is 0 Å². The van der Waals surface area contributed by atoms with E-state index in [9.17, 15) is 10.1 Å². The number of nitrogens with zero attached hydrogens (tertiary/aromatic N) is 2. The Morgan fingerprint density at radius 3 is 2.33 bits per heavy atom. The van der Waals surface area contributed by atoms with Crippen LogP contribution in [0.4, 0.5) is 5.69 Å². The number of benzene rings is 2. The van der Waals surface area contributed by atoms with Gasteiger partial charge in [-0.1, -0.05) is 24.3 Å². The molecule has 0 radical (unpaired) electrons. The maximum atomic E-state index is 12.6. The largest absolute Gasteiger partial charge is 0.372 e. The maximum Gasteiger partial charge on any atom is 0.207 e. The van der Waals surface area contributed by atoms with Crippen molar-refractivity contribution >= 4 is 16.6 Å². The molecule has 0 fully saturated rings. The Morgan fingerprint density at radius 1 is 1.04 bits per heavy atom. The second kappa shape index (κ2) is 6.59. The highest BCUT2D eigenvalue weighted by Gasteiger charge is 2.13. The van der Waals surface area contributed by atoms with Gasteiger partial charge in [-0.25, -0.2) is 0 Å². The fourth-order valence-corrected chi connectivity index (χ4v) is 2.99. The normalized spacial score (nSPS) is 10.5. The highest BCUT2D eigenvalue weighted by Crippen LogP contribution is 2.25. The van der Waals surface area contributed by atoms with Crippen molar-refractivity contribution in [3.8, 4) is 17.3 Å². The van der Waals surface area contributed by atoms with E-state index in [4.69, 9.17) is 0 Å². The summed E-state index contributed by atoms with van der Waals surface area (Å²) in [5.41, 5.74) is 3.21. The summed E-state index contributed by atoms with van der Waals surface area (Å²) in [6.45, 7) is 6.11. The Bertz CT molecular complexity index is 961. The lowest BCUT2D eigenvalue weighted by molar-refractivity contribution is 0.866. The molecular weight excluding hydrogens is 298 g/mol. The zero-order valence-electron chi connectivity index (χ0n) is 13.8. The lowest BCUT2D eigenvalue weighted by Gasteiger charge is -2.21. The predicted octanol–water partition coefficient (Wildman–Crippen LogP) is 3.91. The number of hydrogen-bond donors (Lipinski definition) is 1. The van der Waals surface area contributed by atoms with Crippen LogP contribution < -0.4 is 10.3 Å². The van der Waals surface area contributed by atoms with E-state index in [1.165, 1.54) is 0 Å². The number of nitrogens with one attached hydrogen (secondary N) is 1. The molecule has 1 heterocycles. The molecule has 2 aromatic carbocycles. The zero-order valence-corrected chi connectivity index (χ0v) is 13.8. The molecule has 24 heavy (non-hydrogen) atoms. The fourth-order valence-electron chi connectivity index (χ4n) is 2.99. The topological polar surface area (TPSA) is 59.9 Å². The number of aromatic amines is 1. The summed E-state index contributed by atoms with van der Waals surface area (Å²) in [5, 5.41) is 10.0. The van der Waals surface area contributed by atoms with Crippen molar-refractivity contribution in [1.29, 1.82) is 5.26 Å². The first-order chi connectivity index (χ1) is 11.7. The molecule has 3 aromatic rings. The van der Waals surface area contributed by atoms with E-state index in [0.29, 0.717) is 11.1 Å². The van der Waals surface area contributed by atoms with Gasteiger partial charge in [0.25, 0.3) is 0 Å². The highest BCUT2D eigenvalue weighted by atomic mass is 16.1. The van der Waals surface area contributed by atoms with Crippen LogP contribution in [0.1, 0.15) is 19.4 Å². The molecule has 0 spiro atoms. The second-order valence-electron chi connectivity index (χ2n) is 5.58. The van der Waals surface area contributed by atoms with E-state index >= 15 is 0 Å². The van der Waals surface area contributed by atoms with Crippen LogP contribution in [0.3, 0.4) is 0 Å². The van der Waals surface area contributed by atoms with Gasteiger partial charge in [-0.05, 0) is 43.7 Å². The van der Waals surface area contributed by atoms with E-state index in [1.807, 2.05) is 36.4 Å². The molecule has 0 aliphatic heterocycles. The van der Waals surface area contributed by atoms with Crippen LogP contribution in [0.2, 0.25) is 0 Å². The van der Waals surface area contributed by atoms with E-state index < -0.39 is 0 Å². The number of nitriles is 1. The van der Waals surface area contributed by atoms with E-state index in [-0.39, 0.29) is 11.0 Å². The summed E-state index contributed by atoms with van der Waals surface area (Å²) in [6, 6.07) is 17.3. The molecule has 0 saturated heterocycles. The number of aromatic nitrogens is 1. The van der Waals surface area contributed by atoms with Crippen molar-refractivity contribution < 1.29 is 0 Å². The summed E-state index contributed by atoms with van der Waals surface area (Å²) in [5.74, 6) is 0. The van der Waals surface area contributed by atoms with Crippen LogP contribution >= 0.6 is 0 Å². The quantitative estimate of drug-likeness (QED) is 0.793. The van der Waals surface area contributed by atoms with Gasteiger partial charge in [0, 0.05) is 29.7 Å². The van der Waals surface area contributed by atoms with E-state index in [1.54, 1.807) is 12.1 Å². The molecule has 1 N–H and O–H groups in total. The Morgan fingerprint density at radius 2 is 1.71 bits per heavy atom. The van der Waals surface area contributed by atoms with Crippen molar-refractivity contribution in [2.45, 2.75) is 13.8 Å². The van der Waals surface area contributed by atoms with Gasteiger partial charge in [0.05, 0.1) is 5.69 Å². The van der Waals surface area contributed by atoms with E-state index in [2.05, 4.69) is 29.8 Å². The fraction of sp³-hybridized carbons (Fsp3) is 0.200. The number of fused-ring (bicyclic) bond motifs is 1. The molecule has 3 rings (SSSR count). The average molecular weight is 317 g/mol. The molecule has 0 saturated carbocycles. The first-order valence-corrected chi connectivity index (χ1v) is 8.10. The van der Waals surface area contributed by atoms with Crippen LogP contribution in [0.25, 0.3) is 22.2 Å². The lowest BCUT2D eigenvalue weighted by atomic mass is 10.0. The predicted molar refractivity (Wildman–Crippen MR) is 98.3 cm³/mol.